The van der Waals surface area contributed by atoms with Crippen LogP contribution in [0.5, 0.6) is 0 Å². The number of hydrogen-bond donors (Lipinski definition) is 2. The summed E-state index contributed by atoms with van der Waals surface area (Å²) >= 11 is 1.12. The van der Waals surface area contributed by atoms with Crippen LogP contribution in [0.2, 0.25) is 0 Å². The van der Waals surface area contributed by atoms with Crippen LogP contribution in [0, 0.1) is 0 Å². The molecule has 1 amide bonds. The molecule has 3 rings (SSSR count). The van der Waals surface area contributed by atoms with Crippen molar-refractivity contribution in [3.05, 3.63) is 23.8 Å². The lowest BCUT2D eigenvalue weighted by molar-refractivity contribution is 0.0941. The molecule has 11 heteroatoms. The van der Waals surface area contributed by atoms with Crippen LogP contribution in [0.3, 0.4) is 0 Å². The van der Waals surface area contributed by atoms with E-state index in [1.165, 1.54) is 0 Å². The van der Waals surface area contributed by atoms with E-state index in [4.69, 9.17) is 0 Å². The number of fused-ring (bicyclic) bond motifs is 1. The van der Waals surface area contributed by atoms with Gasteiger partial charge in [0.2, 0.25) is 10.0 Å². The van der Waals surface area contributed by atoms with E-state index < -0.39 is 19.9 Å². The Morgan fingerprint density at radius 1 is 1.38 bits per heavy atom. The highest BCUT2D eigenvalue weighted by Crippen LogP contribution is 2.27. The van der Waals surface area contributed by atoms with Gasteiger partial charge in [0.15, 0.2) is 15.0 Å². The fourth-order valence-electron chi connectivity index (χ4n) is 2.45. The molecule has 1 aliphatic rings. The highest BCUT2D eigenvalue weighted by Gasteiger charge is 2.29. The zero-order valence-electron chi connectivity index (χ0n) is 12.6. The molecule has 2 heterocycles. The minimum Gasteiger partial charge on any atom is -0.348 e. The topological polar surface area (TPSA) is 122 Å². The molecular formula is C13H15N3O5S3. The van der Waals surface area contributed by atoms with Gasteiger partial charge in [0.1, 0.15) is 0 Å². The summed E-state index contributed by atoms with van der Waals surface area (Å²) < 4.78 is 48.3. The van der Waals surface area contributed by atoms with E-state index in [0.717, 1.165) is 17.6 Å². The van der Waals surface area contributed by atoms with Crippen molar-refractivity contribution < 1.29 is 21.6 Å². The van der Waals surface area contributed by atoms with Crippen molar-refractivity contribution >= 4 is 52.5 Å². The molecule has 1 fully saturated rings. The third kappa shape index (κ3) is 4.02. The number of sulfone groups is 1. The number of aromatic nitrogens is 1. The van der Waals surface area contributed by atoms with Gasteiger partial charge in [-0.05, 0) is 24.6 Å². The molecule has 1 aromatic carbocycles. The van der Waals surface area contributed by atoms with E-state index in [2.05, 4.69) is 15.0 Å². The summed E-state index contributed by atoms with van der Waals surface area (Å²) in [5.74, 6) is -0.305. The van der Waals surface area contributed by atoms with Gasteiger partial charge in [-0.1, -0.05) is 11.3 Å². The number of hydrogen-bond acceptors (Lipinski definition) is 7. The van der Waals surface area contributed by atoms with Crippen molar-refractivity contribution in [3.8, 4) is 0 Å². The van der Waals surface area contributed by atoms with Gasteiger partial charge in [-0.15, -0.1) is 0 Å². The Hall–Kier alpha value is -1.72. The highest BCUT2D eigenvalue weighted by molar-refractivity contribution is 7.92. The Morgan fingerprint density at radius 2 is 2.12 bits per heavy atom. The summed E-state index contributed by atoms with van der Waals surface area (Å²) in [7, 11) is -6.48. The van der Waals surface area contributed by atoms with Crippen molar-refractivity contribution in [2.75, 3.05) is 22.5 Å². The van der Waals surface area contributed by atoms with E-state index in [1.54, 1.807) is 18.2 Å². The monoisotopic (exact) mass is 389 g/mol. The smallest absolute Gasteiger partial charge is 0.251 e. The Morgan fingerprint density at radius 3 is 2.75 bits per heavy atom. The fourth-order valence-corrected chi connectivity index (χ4v) is 5.86. The molecule has 0 bridgehead atoms. The Bertz CT molecular complexity index is 1010. The van der Waals surface area contributed by atoms with Gasteiger partial charge in [0, 0.05) is 11.6 Å². The van der Waals surface area contributed by atoms with E-state index in [0.29, 0.717) is 22.2 Å². The van der Waals surface area contributed by atoms with Crippen LogP contribution < -0.4 is 10.0 Å². The molecule has 0 radical (unpaired) electrons. The van der Waals surface area contributed by atoms with Crippen molar-refractivity contribution in [1.82, 2.24) is 10.3 Å². The Balaban J connectivity index is 1.78. The molecule has 1 aromatic heterocycles. The van der Waals surface area contributed by atoms with Gasteiger partial charge in [0.25, 0.3) is 5.91 Å². The van der Waals surface area contributed by atoms with Crippen LogP contribution in [0.4, 0.5) is 5.13 Å². The predicted molar refractivity (Wildman–Crippen MR) is 92.6 cm³/mol. The number of carbonyl (C=O) groups is 1. The van der Waals surface area contributed by atoms with E-state index in [9.17, 15) is 21.6 Å². The van der Waals surface area contributed by atoms with E-state index in [-0.39, 0.29) is 28.6 Å². The standard InChI is InChI=1S/C13H15N3O5S3/c1-23(18,19)16-13-15-10-3-2-8(6-11(10)22-13)12(17)14-9-4-5-24(20,21)7-9/h2-3,6,9H,4-5,7H2,1H3,(H,14,17)(H,15,16). The van der Waals surface area contributed by atoms with Crippen molar-refractivity contribution in [3.63, 3.8) is 0 Å². The second-order valence-electron chi connectivity index (χ2n) is 5.65. The normalized spacial score (nSPS) is 20.1. The number of nitrogens with one attached hydrogen (secondary N) is 2. The number of amides is 1. The number of benzene rings is 1. The van der Waals surface area contributed by atoms with Gasteiger partial charge < -0.3 is 5.32 Å². The maximum absolute atomic E-state index is 12.3. The summed E-state index contributed by atoms with van der Waals surface area (Å²) in [5.41, 5.74) is 0.951. The van der Waals surface area contributed by atoms with E-state index in [1.807, 2.05) is 0 Å². The number of sulfonamides is 1. The van der Waals surface area contributed by atoms with Crippen LogP contribution in [0.15, 0.2) is 18.2 Å². The molecule has 1 saturated heterocycles. The van der Waals surface area contributed by atoms with Crippen LogP contribution >= 0.6 is 11.3 Å². The summed E-state index contributed by atoms with van der Waals surface area (Å²) in [6, 6.07) is 4.44. The van der Waals surface area contributed by atoms with Crippen LogP contribution in [-0.2, 0) is 19.9 Å². The third-order valence-corrected chi connectivity index (χ3v) is 6.89. The first-order chi connectivity index (χ1) is 11.1. The maximum Gasteiger partial charge on any atom is 0.251 e. The average molecular weight is 389 g/mol. The largest absolute Gasteiger partial charge is 0.348 e. The molecule has 0 aliphatic carbocycles. The number of thiazole rings is 1. The number of anilines is 1. The molecule has 8 nitrogen and oxygen atoms in total. The molecule has 130 valence electrons. The number of carbonyl (C=O) groups excluding carboxylic acids is 1. The average Bonchev–Trinajstić information content (AvgIpc) is 2.98. The lowest BCUT2D eigenvalue weighted by Crippen LogP contribution is -2.35. The Labute approximate surface area is 143 Å². The van der Waals surface area contributed by atoms with Gasteiger partial charge >= 0.3 is 0 Å². The van der Waals surface area contributed by atoms with Crippen molar-refractivity contribution in [2.24, 2.45) is 0 Å². The quantitative estimate of drug-likeness (QED) is 0.789. The molecule has 1 aliphatic heterocycles. The molecule has 1 atom stereocenters. The summed E-state index contributed by atoms with van der Waals surface area (Å²) in [4.78, 5) is 16.4. The minimum atomic E-state index is -3.42. The first-order valence-corrected chi connectivity index (χ1v) is 11.5. The molecule has 2 aromatic rings. The number of rotatable bonds is 4. The van der Waals surface area contributed by atoms with Crippen LogP contribution in [0.25, 0.3) is 10.2 Å². The fraction of sp³-hybridized carbons (Fsp3) is 0.385. The zero-order chi connectivity index (χ0) is 17.5. The second-order valence-corrected chi connectivity index (χ2v) is 10.7. The van der Waals surface area contributed by atoms with Gasteiger partial charge in [-0.25, -0.2) is 21.8 Å². The molecule has 0 saturated carbocycles. The first kappa shape index (κ1) is 17.1. The summed E-state index contributed by atoms with van der Waals surface area (Å²) in [6.07, 6.45) is 1.45. The lowest BCUT2D eigenvalue weighted by atomic mass is 10.2. The third-order valence-electron chi connectivity index (χ3n) is 3.49. The lowest BCUT2D eigenvalue weighted by Gasteiger charge is -2.10. The Kier molecular flexibility index (Phi) is 4.26. The van der Waals surface area contributed by atoms with Crippen LogP contribution in [0.1, 0.15) is 16.8 Å². The van der Waals surface area contributed by atoms with E-state index >= 15 is 0 Å². The second kappa shape index (κ2) is 5.97. The van der Waals surface area contributed by atoms with Gasteiger partial charge in [0.05, 0.1) is 28.0 Å². The van der Waals surface area contributed by atoms with Crippen molar-refractivity contribution in [2.45, 2.75) is 12.5 Å². The molecular weight excluding hydrogens is 374 g/mol. The first-order valence-electron chi connectivity index (χ1n) is 7.01. The minimum absolute atomic E-state index is 0.0377. The predicted octanol–water partition coefficient (Wildman–Crippen LogP) is 0.585. The number of nitrogens with zero attached hydrogens (tertiary/aromatic N) is 1. The molecule has 1 unspecified atom stereocenters. The molecule has 24 heavy (non-hydrogen) atoms. The zero-order valence-corrected chi connectivity index (χ0v) is 15.1. The van der Waals surface area contributed by atoms with Crippen molar-refractivity contribution in [1.29, 1.82) is 0 Å². The summed E-state index contributed by atoms with van der Waals surface area (Å²) in [6.45, 7) is 0. The highest BCUT2D eigenvalue weighted by atomic mass is 32.2. The van der Waals surface area contributed by atoms with Gasteiger partial charge in [-0.2, -0.15) is 0 Å². The van der Waals surface area contributed by atoms with Gasteiger partial charge in [-0.3, -0.25) is 9.52 Å². The molecule has 2 N–H and O–H groups in total. The molecule has 0 spiro atoms. The summed E-state index contributed by atoms with van der Waals surface area (Å²) in [5, 5.41) is 2.94. The van der Waals surface area contributed by atoms with Crippen LogP contribution in [-0.4, -0.2) is 51.5 Å². The SMILES string of the molecule is CS(=O)(=O)Nc1nc2ccc(C(=O)NC3CCS(=O)(=O)C3)cc2s1. The maximum atomic E-state index is 12.3.